The van der Waals surface area contributed by atoms with E-state index in [1.807, 2.05) is 24.3 Å². The van der Waals surface area contributed by atoms with Gasteiger partial charge in [0.05, 0.1) is 35.8 Å². The van der Waals surface area contributed by atoms with E-state index in [1.165, 1.54) is 10.7 Å². The van der Waals surface area contributed by atoms with Gasteiger partial charge < -0.3 is 4.74 Å². The Hall–Kier alpha value is -2.84. The highest BCUT2D eigenvalue weighted by Gasteiger charge is 2.30. The van der Waals surface area contributed by atoms with E-state index in [9.17, 15) is 9.59 Å². The minimum Gasteiger partial charge on any atom is -0.383 e. The Balaban J connectivity index is 1.74. The average molecular weight is 395 g/mol. The van der Waals surface area contributed by atoms with Crippen LogP contribution in [0.1, 0.15) is 30.4 Å². The lowest BCUT2D eigenvalue weighted by molar-refractivity contribution is 0.178. The number of methoxy groups -OCH3 is 1. The maximum Gasteiger partial charge on any atom is 0.266 e. The summed E-state index contributed by atoms with van der Waals surface area (Å²) in [6, 6.07) is 10.8. The third-order valence-electron chi connectivity index (χ3n) is 5.45. The molecule has 1 aliphatic heterocycles. The second kappa shape index (κ2) is 8.26. The van der Waals surface area contributed by atoms with E-state index in [4.69, 9.17) is 9.72 Å². The lowest BCUT2D eigenvalue weighted by atomic mass is 10.1. The molecular formula is C21H25N5O3. The zero-order chi connectivity index (χ0) is 20.4. The normalized spacial score (nSPS) is 17.2. The van der Waals surface area contributed by atoms with Crippen molar-refractivity contribution in [2.45, 2.75) is 32.0 Å². The summed E-state index contributed by atoms with van der Waals surface area (Å²) in [5.41, 5.74) is 1.38. The largest absolute Gasteiger partial charge is 0.383 e. The molecule has 1 saturated heterocycles. The van der Waals surface area contributed by atoms with E-state index in [0.717, 1.165) is 30.9 Å². The molecule has 3 heterocycles. The molecule has 0 radical (unpaired) electrons. The van der Waals surface area contributed by atoms with E-state index in [0.29, 0.717) is 30.6 Å². The van der Waals surface area contributed by atoms with E-state index < -0.39 is 0 Å². The van der Waals surface area contributed by atoms with Gasteiger partial charge in [-0.3, -0.25) is 19.1 Å². The van der Waals surface area contributed by atoms with Crippen molar-refractivity contribution in [1.29, 1.82) is 0 Å². The predicted molar refractivity (Wildman–Crippen MR) is 110 cm³/mol. The summed E-state index contributed by atoms with van der Waals surface area (Å²) in [6.07, 6.45) is 1.94. The van der Waals surface area contributed by atoms with Gasteiger partial charge in [-0.2, -0.15) is 5.10 Å². The highest BCUT2D eigenvalue weighted by atomic mass is 16.5. The molecule has 0 bridgehead atoms. The summed E-state index contributed by atoms with van der Waals surface area (Å²) in [4.78, 5) is 32.0. The van der Waals surface area contributed by atoms with Crippen LogP contribution in [-0.4, -0.2) is 44.5 Å². The Morgan fingerprint density at radius 3 is 2.79 bits per heavy atom. The highest BCUT2D eigenvalue weighted by Crippen LogP contribution is 2.32. The van der Waals surface area contributed by atoms with Gasteiger partial charge in [0.1, 0.15) is 5.82 Å². The molecule has 0 N–H and O–H groups in total. The van der Waals surface area contributed by atoms with Crippen molar-refractivity contribution < 1.29 is 4.74 Å². The van der Waals surface area contributed by atoms with Gasteiger partial charge in [-0.15, -0.1) is 0 Å². The van der Waals surface area contributed by atoms with Crippen LogP contribution in [0.4, 0.5) is 0 Å². The molecule has 1 fully saturated rings. The Labute approximate surface area is 168 Å². The molecule has 3 aromatic rings. The molecule has 0 spiro atoms. The molecule has 1 unspecified atom stereocenters. The summed E-state index contributed by atoms with van der Waals surface area (Å²) in [5.74, 6) is 0.771. The van der Waals surface area contributed by atoms with E-state index in [-0.39, 0.29) is 17.2 Å². The molecule has 4 rings (SSSR count). The predicted octanol–water partition coefficient (Wildman–Crippen LogP) is 1.47. The summed E-state index contributed by atoms with van der Waals surface area (Å²) < 4.78 is 8.34. The maximum atomic E-state index is 13.2. The number of ether oxygens (including phenoxy) is 1. The third kappa shape index (κ3) is 3.86. The quantitative estimate of drug-likeness (QED) is 0.629. The molecule has 8 nitrogen and oxygen atoms in total. The number of para-hydroxylation sites is 1. The molecule has 0 amide bonds. The average Bonchev–Trinajstić information content (AvgIpc) is 3.18. The Morgan fingerprint density at radius 1 is 1.17 bits per heavy atom. The van der Waals surface area contributed by atoms with Gasteiger partial charge in [0.25, 0.3) is 11.1 Å². The van der Waals surface area contributed by atoms with Crippen LogP contribution >= 0.6 is 0 Å². The van der Waals surface area contributed by atoms with Gasteiger partial charge >= 0.3 is 0 Å². The van der Waals surface area contributed by atoms with Gasteiger partial charge in [-0.05, 0) is 37.6 Å². The number of hydrogen-bond acceptors (Lipinski definition) is 6. The van der Waals surface area contributed by atoms with E-state index in [1.54, 1.807) is 24.8 Å². The number of fused-ring (bicyclic) bond motifs is 1. The van der Waals surface area contributed by atoms with Gasteiger partial charge in [0, 0.05) is 26.8 Å². The number of likely N-dealkylation sites (tertiary alicyclic amines) is 1. The lowest BCUT2D eigenvalue weighted by Crippen LogP contribution is -2.33. The fraction of sp³-hybridized carbons (Fsp3) is 0.429. The van der Waals surface area contributed by atoms with Crippen LogP contribution in [-0.2, 0) is 24.9 Å². The van der Waals surface area contributed by atoms with Crippen molar-refractivity contribution in [2.24, 2.45) is 7.05 Å². The Kier molecular flexibility index (Phi) is 5.55. The molecule has 1 aromatic carbocycles. The third-order valence-corrected chi connectivity index (χ3v) is 5.45. The monoisotopic (exact) mass is 395 g/mol. The van der Waals surface area contributed by atoms with Crippen LogP contribution < -0.4 is 11.1 Å². The van der Waals surface area contributed by atoms with Crippen LogP contribution in [0, 0.1) is 0 Å². The zero-order valence-corrected chi connectivity index (χ0v) is 16.7. The molecular weight excluding hydrogens is 370 g/mol. The summed E-state index contributed by atoms with van der Waals surface area (Å²) in [6.45, 7) is 2.40. The van der Waals surface area contributed by atoms with Crippen LogP contribution in [0.3, 0.4) is 0 Å². The van der Waals surface area contributed by atoms with Crippen molar-refractivity contribution in [2.75, 3.05) is 20.3 Å². The van der Waals surface area contributed by atoms with Crippen LogP contribution in [0.25, 0.3) is 10.9 Å². The molecule has 0 saturated carbocycles. The molecule has 1 atom stereocenters. The standard InChI is InChI=1S/C21H25N5O3/c1-24-19(27)10-9-15(23-24)14-25-11-5-8-18(25)20-22-17-7-4-3-6-16(17)21(28)26(20)12-13-29-2/h3-4,6-7,9-10,18H,5,8,11-14H2,1-2H3. The molecule has 1 aliphatic rings. The van der Waals surface area contributed by atoms with Crippen molar-refractivity contribution in [3.8, 4) is 0 Å². The van der Waals surface area contributed by atoms with Crippen molar-refractivity contribution >= 4 is 10.9 Å². The van der Waals surface area contributed by atoms with Gasteiger partial charge in [0.15, 0.2) is 0 Å². The lowest BCUT2D eigenvalue weighted by Gasteiger charge is -2.26. The van der Waals surface area contributed by atoms with Crippen molar-refractivity contribution in [3.05, 3.63) is 68.6 Å². The highest BCUT2D eigenvalue weighted by molar-refractivity contribution is 5.77. The van der Waals surface area contributed by atoms with Crippen molar-refractivity contribution in [3.63, 3.8) is 0 Å². The summed E-state index contributed by atoms with van der Waals surface area (Å²) in [5, 5.41) is 4.98. The number of hydrogen-bond donors (Lipinski definition) is 0. The number of aromatic nitrogens is 4. The summed E-state index contributed by atoms with van der Waals surface area (Å²) in [7, 11) is 3.28. The minimum atomic E-state index is -0.128. The Bertz CT molecular complexity index is 1140. The molecule has 0 aliphatic carbocycles. The first-order valence-corrected chi connectivity index (χ1v) is 9.84. The first kappa shape index (κ1) is 19.5. The van der Waals surface area contributed by atoms with Gasteiger partial charge in [-0.1, -0.05) is 12.1 Å². The molecule has 2 aromatic heterocycles. The minimum absolute atomic E-state index is 0.0168. The van der Waals surface area contributed by atoms with E-state index in [2.05, 4.69) is 10.00 Å². The van der Waals surface area contributed by atoms with Crippen LogP contribution in [0.5, 0.6) is 0 Å². The number of rotatable bonds is 6. The van der Waals surface area contributed by atoms with Crippen LogP contribution in [0.15, 0.2) is 46.0 Å². The molecule has 8 heteroatoms. The fourth-order valence-electron chi connectivity index (χ4n) is 3.99. The fourth-order valence-corrected chi connectivity index (χ4v) is 3.99. The van der Waals surface area contributed by atoms with Crippen LogP contribution in [0.2, 0.25) is 0 Å². The van der Waals surface area contributed by atoms with Crippen molar-refractivity contribution in [1.82, 2.24) is 24.2 Å². The smallest absolute Gasteiger partial charge is 0.266 e. The summed E-state index contributed by atoms with van der Waals surface area (Å²) >= 11 is 0. The number of aryl methyl sites for hydroxylation is 1. The first-order valence-electron chi connectivity index (χ1n) is 9.84. The van der Waals surface area contributed by atoms with Gasteiger partial charge in [-0.25, -0.2) is 9.67 Å². The Morgan fingerprint density at radius 2 is 2.00 bits per heavy atom. The first-order chi connectivity index (χ1) is 14.1. The SMILES string of the molecule is COCCn1c(C2CCCN2Cc2ccc(=O)n(C)n2)nc2ccccc2c1=O. The zero-order valence-electron chi connectivity index (χ0n) is 16.7. The molecule has 152 valence electrons. The number of nitrogens with zero attached hydrogens (tertiary/aromatic N) is 5. The number of benzene rings is 1. The second-order valence-electron chi connectivity index (χ2n) is 7.35. The second-order valence-corrected chi connectivity index (χ2v) is 7.35. The molecule has 29 heavy (non-hydrogen) atoms. The maximum absolute atomic E-state index is 13.2. The van der Waals surface area contributed by atoms with Gasteiger partial charge in [0.2, 0.25) is 0 Å². The topological polar surface area (TPSA) is 82.2 Å². The van der Waals surface area contributed by atoms with E-state index >= 15 is 0 Å².